The number of ether oxygens (including phenoxy) is 1. The third-order valence-electron chi connectivity index (χ3n) is 5.11. The van der Waals surface area contributed by atoms with E-state index in [9.17, 15) is 14.0 Å². The van der Waals surface area contributed by atoms with Gasteiger partial charge in [-0.1, -0.05) is 37.6 Å². The lowest BCUT2D eigenvalue weighted by Crippen LogP contribution is -3.09. The number of quaternary nitrogens is 1. The van der Waals surface area contributed by atoms with Crippen LogP contribution in [0.15, 0.2) is 54.3 Å². The van der Waals surface area contributed by atoms with Crippen LogP contribution in [0, 0.1) is 5.82 Å². The molecule has 1 aliphatic heterocycles. The number of rotatable bonds is 9. The number of hydrogen-bond acceptors (Lipinski definition) is 3. The monoisotopic (exact) mass is 426 g/mol. The highest BCUT2D eigenvalue weighted by molar-refractivity contribution is 6.12. The van der Waals surface area contributed by atoms with Gasteiger partial charge in [0.2, 0.25) is 5.91 Å². The Kier molecular flexibility index (Phi) is 7.78. The van der Waals surface area contributed by atoms with Crippen LogP contribution in [0.3, 0.4) is 0 Å². The van der Waals surface area contributed by atoms with Gasteiger partial charge >= 0.3 is 0 Å². The maximum atomic E-state index is 13.5. The number of hydrogen-bond donors (Lipinski definition) is 2. The van der Waals surface area contributed by atoms with E-state index in [1.165, 1.54) is 28.0 Å². The van der Waals surface area contributed by atoms with E-state index >= 15 is 0 Å². The van der Waals surface area contributed by atoms with Crippen molar-refractivity contribution in [2.24, 2.45) is 0 Å². The van der Waals surface area contributed by atoms with Crippen LogP contribution in [0.25, 0.3) is 6.08 Å². The Balaban J connectivity index is 1.71. The summed E-state index contributed by atoms with van der Waals surface area (Å²) in [6.07, 6.45) is 3.78. The first-order chi connectivity index (χ1) is 15.0. The van der Waals surface area contributed by atoms with Crippen molar-refractivity contribution >= 4 is 23.6 Å². The highest BCUT2D eigenvalue weighted by Crippen LogP contribution is 2.35. The van der Waals surface area contributed by atoms with E-state index in [4.69, 9.17) is 4.74 Å². The number of amides is 2. The number of anilines is 1. The molecule has 7 heteroatoms. The summed E-state index contributed by atoms with van der Waals surface area (Å²) in [5.74, 6) is -0.565. The van der Waals surface area contributed by atoms with Gasteiger partial charge in [0, 0.05) is 0 Å². The van der Waals surface area contributed by atoms with Gasteiger partial charge in [0.15, 0.2) is 11.5 Å². The molecule has 164 valence electrons. The molecule has 1 heterocycles. The van der Waals surface area contributed by atoms with E-state index in [1.807, 2.05) is 0 Å². The number of nitrogens with one attached hydrogen (secondary N) is 2. The van der Waals surface area contributed by atoms with Crippen LogP contribution in [0.1, 0.15) is 25.3 Å². The molecular weight excluding hydrogens is 397 g/mol. The molecule has 0 aromatic heterocycles. The average Bonchev–Trinajstić information content (AvgIpc) is 2.75. The summed E-state index contributed by atoms with van der Waals surface area (Å²) >= 11 is 0. The van der Waals surface area contributed by atoms with E-state index in [1.54, 1.807) is 36.4 Å². The van der Waals surface area contributed by atoms with Crippen molar-refractivity contribution in [3.8, 4) is 5.75 Å². The summed E-state index contributed by atoms with van der Waals surface area (Å²) < 4.78 is 19.3. The van der Waals surface area contributed by atoms with Gasteiger partial charge in [0.05, 0.1) is 32.4 Å². The van der Waals surface area contributed by atoms with Crippen LogP contribution in [0.2, 0.25) is 0 Å². The summed E-state index contributed by atoms with van der Waals surface area (Å²) in [6, 6.07) is 12.9. The normalized spacial score (nSPS) is 15.4. The Labute approximate surface area is 182 Å². The molecule has 0 spiro atoms. The van der Waals surface area contributed by atoms with Crippen LogP contribution < -0.4 is 19.9 Å². The summed E-state index contributed by atoms with van der Waals surface area (Å²) in [4.78, 5) is 28.4. The minimum Gasteiger partial charge on any atom is -0.449 e. The van der Waals surface area contributed by atoms with Crippen molar-refractivity contribution in [1.29, 1.82) is 0 Å². The number of likely N-dealkylation sites (N-methyl/N-ethyl adjacent to an activating group) is 1. The van der Waals surface area contributed by atoms with Crippen molar-refractivity contribution in [3.05, 3.63) is 65.7 Å². The molecule has 0 radical (unpaired) electrons. The van der Waals surface area contributed by atoms with Gasteiger partial charge in [-0.3, -0.25) is 14.5 Å². The van der Waals surface area contributed by atoms with Crippen LogP contribution in [-0.2, 0) is 9.59 Å². The molecule has 1 aliphatic rings. The molecule has 2 aromatic carbocycles. The smallest absolute Gasteiger partial charge is 0.294 e. The predicted molar refractivity (Wildman–Crippen MR) is 118 cm³/mol. The number of carbonyl (C=O) groups excluding carboxylic acids is 2. The zero-order chi connectivity index (χ0) is 22.2. The molecule has 0 saturated heterocycles. The second-order valence-electron chi connectivity index (χ2n) is 7.69. The molecule has 1 atom stereocenters. The minimum atomic E-state index is -0.441. The zero-order valence-electron chi connectivity index (χ0n) is 18.0. The molecule has 0 fully saturated rings. The lowest BCUT2D eigenvalue weighted by atomic mass is 10.1. The summed E-state index contributed by atoms with van der Waals surface area (Å²) in [5, 5.41) is 2.90. The van der Waals surface area contributed by atoms with Gasteiger partial charge < -0.3 is 15.0 Å². The zero-order valence-corrected chi connectivity index (χ0v) is 18.0. The van der Waals surface area contributed by atoms with Crippen molar-refractivity contribution < 1.29 is 23.6 Å². The number of unbranched alkanes of at least 4 members (excludes halogenated alkanes) is 1. The second-order valence-corrected chi connectivity index (χ2v) is 7.69. The number of nitrogens with zero attached hydrogens (tertiary/aromatic N) is 1. The lowest BCUT2D eigenvalue weighted by Gasteiger charge is -2.30. The van der Waals surface area contributed by atoms with Crippen molar-refractivity contribution in [2.75, 3.05) is 38.1 Å². The molecule has 2 amide bonds. The molecule has 2 N–H and O–H groups in total. The van der Waals surface area contributed by atoms with E-state index in [0.717, 1.165) is 25.9 Å². The fourth-order valence-corrected chi connectivity index (χ4v) is 3.39. The molecule has 2 aromatic rings. The molecule has 6 nitrogen and oxygen atoms in total. The lowest BCUT2D eigenvalue weighted by molar-refractivity contribution is -0.878. The van der Waals surface area contributed by atoms with Gasteiger partial charge in [0.1, 0.15) is 12.4 Å². The third kappa shape index (κ3) is 6.15. The molecule has 0 aliphatic carbocycles. The number of fused-ring (bicyclic) bond motifs is 1. The Morgan fingerprint density at radius 3 is 2.77 bits per heavy atom. The third-order valence-corrected chi connectivity index (χ3v) is 5.11. The first-order valence-electron chi connectivity index (χ1n) is 10.6. The minimum absolute atomic E-state index is 0.0424. The largest absolute Gasteiger partial charge is 0.449 e. The molecule has 3 rings (SSSR count). The van der Waals surface area contributed by atoms with Crippen molar-refractivity contribution in [3.63, 3.8) is 0 Å². The highest BCUT2D eigenvalue weighted by Gasteiger charge is 2.31. The number of carbonyl (C=O) groups is 2. The van der Waals surface area contributed by atoms with Gasteiger partial charge in [-0.2, -0.15) is 0 Å². The summed E-state index contributed by atoms with van der Waals surface area (Å²) in [7, 11) is 2.10. The second kappa shape index (κ2) is 10.7. The van der Waals surface area contributed by atoms with Crippen molar-refractivity contribution in [1.82, 2.24) is 5.32 Å². The first-order valence-corrected chi connectivity index (χ1v) is 10.6. The Hall–Kier alpha value is -3.19. The van der Waals surface area contributed by atoms with Gasteiger partial charge in [-0.25, -0.2) is 4.39 Å². The van der Waals surface area contributed by atoms with E-state index in [0.29, 0.717) is 23.5 Å². The van der Waals surface area contributed by atoms with Gasteiger partial charge in [-0.15, -0.1) is 0 Å². The Morgan fingerprint density at radius 2 is 2.00 bits per heavy atom. The maximum Gasteiger partial charge on any atom is 0.294 e. The maximum absolute atomic E-state index is 13.5. The number of benzene rings is 2. The molecule has 0 bridgehead atoms. The first kappa shape index (κ1) is 22.5. The summed E-state index contributed by atoms with van der Waals surface area (Å²) in [5.41, 5.74) is 1.04. The van der Waals surface area contributed by atoms with Crippen LogP contribution in [0.4, 0.5) is 10.1 Å². The predicted octanol–water partition coefficient (Wildman–Crippen LogP) is 2.02. The van der Waals surface area contributed by atoms with Gasteiger partial charge in [-0.05, 0) is 42.3 Å². The van der Waals surface area contributed by atoms with Crippen LogP contribution in [0.5, 0.6) is 5.75 Å². The molecular formula is C24H29FN3O3+. The average molecular weight is 427 g/mol. The number of halogens is 1. The molecule has 31 heavy (non-hydrogen) atoms. The SMILES string of the molecule is CCCC[NH+](C)CCNC(=O)CN1C(=O)C(=Cc2cccc(F)c2)Oc2ccccc21. The number of para-hydroxylation sites is 2. The van der Waals surface area contributed by atoms with Crippen LogP contribution >= 0.6 is 0 Å². The van der Waals surface area contributed by atoms with E-state index in [2.05, 4.69) is 19.3 Å². The Bertz CT molecular complexity index is 961. The molecule has 1 unspecified atom stereocenters. The Morgan fingerprint density at radius 1 is 1.19 bits per heavy atom. The van der Waals surface area contributed by atoms with Crippen molar-refractivity contribution in [2.45, 2.75) is 19.8 Å². The van der Waals surface area contributed by atoms with E-state index < -0.39 is 11.7 Å². The quantitative estimate of drug-likeness (QED) is 0.603. The fourth-order valence-electron chi connectivity index (χ4n) is 3.39. The van der Waals surface area contributed by atoms with Crippen LogP contribution in [-0.4, -0.2) is 45.0 Å². The highest BCUT2D eigenvalue weighted by atomic mass is 19.1. The van der Waals surface area contributed by atoms with E-state index in [-0.39, 0.29) is 18.2 Å². The topological polar surface area (TPSA) is 63.1 Å². The standard InChI is InChI=1S/C24H28FN3O3/c1-3-4-13-27(2)14-12-26-23(29)17-28-20-10-5-6-11-21(20)31-22(24(28)30)16-18-8-7-9-19(25)15-18/h5-11,15-16H,3-4,12-14,17H2,1-2H3,(H,26,29)/p+1. The summed E-state index contributed by atoms with van der Waals surface area (Å²) in [6.45, 7) is 4.47. The molecule has 0 saturated carbocycles. The fraction of sp³-hybridized carbons (Fsp3) is 0.333. The van der Waals surface area contributed by atoms with Gasteiger partial charge in [0.25, 0.3) is 5.91 Å².